The molecule has 0 unspecified atom stereocenters. The molecule has 0 aliphatic carbocycles. The van der Waals surface area contributed by atoms with E-state index in [1.807, 2.05) is 0 Å². The number of benzene rings is 2. The Morgan fingerprint density at radius 2 is 1.85 bits per heavy atom. The maximum absolute atomic E-state index is 10.4. The van der Waals surface area contributed by atoms with Gasteiger partial charge >= 0.3 is 5.97 Å². The molecular formula is C16H16N2O8. The van der Waals surface area contributed by atoms with Gasteiger partial charge in [0.05, 0.1) is 11.0 Å². The van der Waals surface area contributed by atoms with Crippen LogP contribution in [0.4, 0.5) is 5.69 Å². The molecule has 26 heavy (non-hydrogen) atoms. The highest BCUT2D eigenvalue weighted by molar-refractivity contribution is 5.73. The van der Waals surface area contributed by atoms with E-state index in [1.54, 1.807) is 0 Å². The van der Waals surface area contributed by atoms with Crippen molar-refractivity contribution in [1.29, 1.82) is 0 Å². The van der Waals surface area contributed by atoms with Crippen molar-refractivity contribution in [3.8, 4) is 23.0 Å². The van der Waals surface area contributed by atoms with Crippen LogP contribution in [0.2, 0.25) is 0 Å². The summed E-state index contributed by atoms with van der Waals surface area (Å²) in [6, 6.07) is 7.35. The van der Waals surface area contributed by atoms with Gasteiger partial charge in [-0.05, 0) is 30.2 Å². The van der Waals surface area contributed by atoms with Gasteiger partial charge in [0.15, 0.2) is 23.0 Å². The van der Waals surface area contributed by atoms with Crippen LogP contribution < -0.4 is 15.2 Å². The molecule has 10 heteroatoms. The lowest BCUT2D eigenvalue weighted by atomic mass is 10.1. The molecule has 10 nitrogen and oxygen atoms in total. The highest BCUT2D eigenvalue weighted by Crippen LogP contribution is 2.34. The first-order valence-corrected chi connectivity index (χ1v) is 7.31. The number of nitrogens with zero attached hydrogens (tertiary/aromatic N) is 1. The summed E-state index contributed by atoms with van der Waals surface area (Å²) < 4.78 is 9.95. The summed E-state index contributed by atoms with van der Waals surface area (Å²) in [6.07, 6.45) is 0.114. The second kappa shape index (κ2) is 8.03. The van der Waals surface area contributed by atoms with Gasteiger partial charge in [-0.2, -0.15) is 0 Å². The van der Waals surface area contributed by atoms with Gasteiger partial charge in [-0.15, -0.1) is 0 Å². The van der Waals surface area contributed by atoms with Gasteiger partial charge < -0.3 is 30.5 Å². The van der Waals surface area contributed by atoms with Gasteiger partial charge in [-0.1, -0.05) is 6.07 Å². The van der Waals surface area contributed by atoms with Crippen molar-refractivity contribution < 1.29 is 34.5 Å². The number of fused-ring (bicyclic) bond motifs is 1. The van der Waals surface area contributed by atoms with E-state index in [9.17, 15) is 14.9 Å². The Hall–Kier alpha value is -3.53. The van der Waals surface area contributed by atoms with Crippen LogP contribution in [0.5, 0.6) is 23.0 Å². The summed E-state index contributed by atoms with van der Waals surface area (Å²) in [7, 11) is 0. The molecule has 0 saturated carbocycles. The minimum absolute atomic E-state index is 0.0132. The molecule has 3 rings (SSSR count). The molecule has 0 fully saturated rings. The second-order valence-corrected chi connectivity index (χ2v) is 5.27. The third kappa shape index (κ3) is 4.74. The van der Waals surface area contributed by atoms with E-state index >= 15 is 0 Å². The van der Waals surface area contributed by atoms with E-state index in [1.165, 1.54) is 36.4 Å². The minimum Gasteiger partial charge on any atom is -0.504 e. The Balaban J connectivity index is 0.000000189. The van der Waals surface area contributed by atoms with Crippen molar-refractivity contribution in [2.24, 2.45) is 5.73 Å². The van der Waals surface area contributed by atoms with E-state index < -0.39 is 16.9 Å². The average Bonchev–Trinajstić information content (AvgIpc) is 3.06. The quantitative estimate of drug-likeness (QED) is 0.356. The largest absolute Gasteiger partial charge is 0.504 e. The van der Waals surface area contributed by atoms with Crippen LogP contribution in [0, 0.1) is 10.1 Å². The zero-order valence-electron chi connectivity index (χ0n) is 13.4. The normalized spacial score (nSPS) is 12.7. The molecule has 2 aromatic rings. The standard InChI is InChI=1S/C9H11NO4.C7H5NO4/c10-6(9(13)14)3-5-1-2-7(11)8(12)4-5;9-8(10)5-1-2-6-7(3-5)12-4-11-6/h1-2,4,6,11-12H,3,10H2,(H,13,14);1-3H,4H2/t6-;/m0./s1. The van der Waals surface area contributed by atoms with Crippen molar-refractivity contribution in [2.45, 2.75) is 12.5 Å². The molecule has 1 aliphatic heterocycles. The van der Waals surface area contributed by atoms with Crippen molar-refractivity contribution in [2.75, 3.05) is 6.79 Å². The fourth-order valence-corrected chi connectivity index (χ4v) is 2.04. The molecule has 1 atom stereocenters. The number of nitro groups is 1. The number of carbonyl (C=O) groups is 1. The number of nitro benzene ring substituents is 1. The number of aromatic hydroxyl groups is 2. The average molecular weight is 364 g/mol. The lowest BCUT2D eigenvalue weighted by Crippen LogP contribution is -2.32. The van der Waals surface area contributed by atoms with Crippen molar-refractivity contribution >= 4 is 11.7 Å². The van der Waals surface area contributed by atoms with Crippen LogP contribution in [0.1, 0.15) is 5.56 Å². The lowest BCUT2D eigenvalue weighted by Gasteiger charge is -2.06. The van der Waals surface area contributed by atoms with E-state index in [4.69, 9.17) is 30.5 Å². The van der Waals surface area contributed by atoms with Gasteiger partial charge in [-0.3, -0.25) is 14.9 Å². The number of aliphatic carboxylic acids is 1. The molecule has 0 amide bonds. The summed E-state index contributed by atoms with van der Waals surface area (Å²) in [5, 5.41) is 36.9. The number of phenolic OH excluding ortho intramolecular Hbond substituents is 2. The summed E-state index contributed by atoms with van der Waals surface area (Å²) in [4.78, 5) is 20.3. The van der Waals surface area contributed by atoms with Crippen LogP contribution in [0.3, 0.4) is 0 Å². The van der Waals surface area contributed by atoms with E-state index in [2.05, 4.69) is 0 Å². The van der Waals surface area contributed by atoms with Gasteiger partial charge in [0.2, 0.25) is 6.79 Å². The monoisotopic (exact) mass is 364 g/mol. The zero-order valence-corrected chi connectivity index (χ0v) is 13.4. The fourth-order valence-electron chi connectivity index (χ4n) is 2.04. The molecule has 5 N–H and O–H groups in total. The molecule has 0 aromatic heterocycles. The maximum atomic E-state index is 10.4. The van der Waals surface area contributed by atoms with Crippen LogP contribution in [0.15, 0.2) is 36.4 Å². The predicted molar refractivity (Wildman–Crippen MR) is 88.3 cm³/mol. The Kier molecular flexibility index (Phi) is 5.81. The number of nitrogens with two attached hydrogens (primary N) is 1. The van der Waals surface area contributed by atoms with Gasteiger partial charge in [0, 0.05) is 6.07 Å². The highest BCUT2D eigenvalue weighted by atomic mass is 16.7. The summed E-state index contributed by atoms with van der Waals surface area (Å²) in [5.41, 5.74) is 5.87. The maximum Gasteiger partial charge on any atom is 0.320 e. The number of rotatable bonds is 4. The molecule has 0 radical (unpaired) electrons. The van der Waals surface area contributed by atoms with E-state index in [0.29, 0.717) is 17.1 Å². The third-order valence-corrected chi connectivity index (χ3v) is 3.38. The van der Waals surface area contributed by atoms with Crippen LogP contribution in [-0.2, 0) is 11.2 Å². The molecule has 0 saturated heterocycles. The number of carboxylic acid groups (broad SMARTS) is 1. The second-order valence-electron chi connectivity index (χ2n) is 5.27. The Labute approximate surface area is 147 Å². The summed E-state index contributed by atoms with van der Waals surface area (Å²) in [6.45, 7) is 0.135. The summed E-state index contributed by atoms with van der Waals surface area (Å²) >= 11 is 0. The number of ether oxygens (including phenoxy) is 2. The minimum atomic E-state index is -1.10. The highest BCUT2D eigenvalue weighted by Gasteiger charge is 2.17. The van der Waals surface area contributed by atoms with Crippen molar-refractivity contribution in [3.05, 3.63) is 52.1 Å². The van der Waals surface area contributed by atoms with Crippen molar-refractivity contribution in [1.82, 2.24) is 0 Å². The third-order valence-electron chi connectivity index (χ3n) is 3.38. The molecular weight excluding hydrogens is 348 g/mol. The topological polar surface area (TPSA) is 165 Å². The van der Waals surface area contributed by atoms with Crippen molar-refractivity contribution in [3.63, 3.8) is 0 Å². The molecule has 1 aliphatic rings. The molecule has 0 bridgehead atoms. The van der Waals surface area contributed by atoms with E-state index in [-0.39, 0.29) is 30.4 Å². The van der Waals surface area contributed by atoms with Gasteiger partial charge in [0.1, 0.15) is 6.04 Å². The fraction of sp³-hybridized carbons (Fsp3) is 0.188. The van der Waals surface area contributed by atoms with E-state index in [0.717, 1.165) is 0 Å². The zero-order chi connectivity index (χ0) is 19.3. The number of phenols is 2. The van der Waals surface area contributed by atoms with Crippen LogP contribution in [-0.4, -0.2) is 39.0 Å². The summed E-state index contributed by atoms with van der Waals surface area (Å²) in [5.74, 6) is -0.625. The molecule has 2 aromatic carbocycles. The molecule has 1 heterocycles. The lowest BCUT2D eigenvalue weighted by molar-refractivity contribution is -0.384. The first-order valence-electron chi connectivity index (χ1n) is 7.31. The molecule has 0 spiro atoms. The Morgan fingerprint density at radius 3 is 2.46 bits per heavy atom. The smallest absolute Gasteiger partial charge is 0.320 e. The first kappa shape index (κ1) is 18.8. The number of carboxylic acids is 1. The number of non-ortho nitro benzene ring substituents is 1. The Morgan fingerprint density at radius 1 is 1.15 bits per heavy atom. The SMILES string of the molecule is N[C@@H](Cc1ccc(O)c(O)c1)C(=O)O.O=[N+]([O-])c1ccc2c(c1)OCO2. The number of hydrogen-bond acceptors (Lipinski definition) is 8. The van der Waals surface area contributed by atoms with Crippen LogP contribution >= 0.6 is 0 Å². The predicted octanol–water partition coefficient (Wildman–Crippen LogP) is 1.38. The Bertz CT molecular complexity index is 824. The van der Waals surface area contributed by atoms with Crippen LogP contribution in [0.25, 0.3) is 0 Å². The first-order chi connectivity index (χ1) is 12.3. The van der Waals surface area contributed by atoms with Gasteiger partial charge in [-0.25, -0.2) is 0 Å². The molecule has 138 valence electrons. The van der Waals surface area contributed by atoms with Gasteiger partial charge in [0.25, 0.3) is 5.69 Å². The number of hydrogen-bond donors (Lipinski definition) is 4.